The van der Waals surface area contributed by atoms with Crippen molar-refractivity contribution < 1.29 is 23.4 Å². The highest BCUT2D eigenvalue weighted by Crippen LogP contribution is 2.42. The number of halogens is 2. The number of hydrogen-bond donors (Lipinski definition) is 1. The second-order valence-electron chi connectivity index (χ2n) is 13.2. The van der Waals surface area contributed by atoms with Crippen LogP contribution in [0.3, 0.4) is 0 Å². The van der Waals surface area contributed by atoms with E-state index in [9.17, 15) is 18.7 Å². The molecule has 0 spiro atoms. The number of rotatable bonds is 13. The number of hydrogen-bond acceptors (Lipinski definition) is 10. The van der Waals surface area contributed by atoms with Gasteiger partial charge in [0.1, 0.15) is 47.4 Å². The number of aliphatic hydroxyl groups is 1. The van der Waals surface area contributed by atoms with Gasteiger partial charge < -0.3 is 24.4 Å². The molecule has 1 unspecified atom stereocenters. The highest BCUT2D eigenvalue weighted by Gasteiger charge is 2.44. The summed E-state index contributed by atoms with van der Waals surface area (Å²) in [4.78, 5) is 21.8. The Kier molecular flexibility index (Phi) is 10.6. The van der Waals surface area contributed by atoms with Crippen LogP contribution in [0.5, 0.6) is 5.75 Å². The molecule has 0 aliphatic carbocycles. The van der Waals surface area contributed by atoms with E-state index in [1.807, 2.05) is 49.6 Å². The molecular formula is C37H42F2N8O4S. The summed E-state index contributed by atoms with van der Waals surface area (Å²) in [6.07, 6.45) is 7.37. The smallest absolute Gasteiger partial charge is 0.350 e. The van der Waals surface area contributed by atoms with Gasteiger partial charge in [-0.3, -0.25) is 0 Å². The first-order chi connectivity index (χ1) is 25.3. The normalized spacial score (nSPS) is 20.3. The molecule has 52 heavy (non-hydrogen) atoms. The molecule has 5 aromatic rings. The van der Waals surface area contributed by atoms with Crippen LogP contribution in [0.4, 0.5) is 20.2 Å². The lowest BCUT2D eigenvalue weighted by Crippen LogP contribution is -2.46. The predicted molar refractivity (Wildman–Crippen MR) is 195 cm³/mol. The average Bonchev–Trinajstić information content (AvgIpc) is 3.93. The van der Waals surface area contributed by atoms with Crippen LogP contribution < -0.4 is 20.2 Å². The van der Waals surface area contributed by atoms with Crippen molar-refractivity contribution in [3.63, 3.8) is 0 Å². The first-order valence-electron chi connectivity index (χ1n) is 17.4. The van der Waals surface area contributed by atoms with Gasteiger partial charge in [-0.25, -0.2) is 32.5 Å². The fraction of sp³-hybridized carbons (Fsp3) is 0.405. The van der Waals surface area contributed by atoms with Gasteiger partial charge in [-0.1, -0.05) is 13.0 Å². The van der Waals surface area contributed by atoms with Gasteiger partial charge in [0, 0.05) is 55.1 Å². The summed E-state index contributed by atoms with van der Waals surface area (Å²) in [6, 6.07) is 19.2. The molecule has 4 heterocycles. The third-order valence-electron chi connectivity index (χ3n) is 9.98. The van der Waals surface area contributed by atoms with Gasteiger partial charge in [-0.05, 0) is 73.7 Å². The van der Waals surface area contributed by atoms with E-state index in [2.05, 4.69) is 37.1 Å². The SMILES string of the molecule is CCC([C@H](O)SC)n1ncn(-c2ccc(N3CCN(c4ccc(OC[C@@H]5CO[C@@](Cn6cncn6)(c6ccc(F)cc6F)C5)cc4)CC3)cc2)c1=O. The van der Waals surface area contributed by atoms with Crippen molar-refractivity contribution in [2.45, 2.75) is 43.4 Å². The third-order valence-corrected chi connectivity index (χ3v) is 10.8. The molecule has 3 aromatic carbocycles. The molecule has 4 atom stereocenters. The van der Waals surface area contributed by atoms with Gasteiger partial charge >= 0.3 is 5.69 Å². The Morgan fingerprint density at radius 1 is 0.962 bits per heavy atom. The molecule has 7 rings (SSSR count). The number of nitrogens with zero attached hydrogens (tertiary/aromatic N) is 8. The van der Waals surface area contributed by atoms with Crippen LogP contribution >= 0.6 is 11.8 Å². The van der Waals surface area contributed by atoms with E-state index in [-0.39, 0.29) is 18.2 Å². The van der Waals surface area contributed by atoms with Crippen LogP contribution in [-0.2, 0) is 16.9 Å². The van der Waals surface area contributed by atoms with E-state index in [4.69, 9.17) is 9.47 Å². The lowest BCUT2D eigenvalue weighted by molar-refractivity contribution is -0.0206. The first kappa shape index (κ1) is 35.7. The molecule has 0 bridgehead atoms. The predicted octanol–water partition coefficient (Wildman–Crippen LogP) is 4.87. The minimum atomic E-state index is -1.02. The summed E-state index contributed by atoms with van der Waals surface area (Å²) in [5.74, 6) is -0.565. The van der Waals surface area contributed by atoms with Crippen LogP contribution in [0.1, 0.15) is 31.4 Å². The Morgan fingerprint density at radius 2 is 1.63 bits per heavy atom. The Bertz CT molecular complexity index is 1980. The van der Waals surface area contributed by atoms with Gasteiger partial charge in [-0.2, -0.15) is 10.2 Å². The molecule has 2 aliphatic rings. The zero-order valence-electron chi connectivity index (χ0n) is 29.1. The number of piperazine rings is 1. The van der Waals surface area contributed by atoms with E-state index in [1.54, 1.807) is 11.0 Å². The summed E-state index contributed by atoms with van der Waals surface area (Å²) in [5.41, 5.74) is 1.21. The molecule has 274 valence electrons. The number of benzene rings is 3. The number of anilines is 2. The van der Waals surface area contributed by atoms with Crippen molar-refractivity contribution in [3.05, 3.63) is 113 Å². The molecule has 12 nitrogen and oxygen atoms in total. The maximum Gasteiger partial charge on any atom is 0.350 e. The minimum Gasteiger partial charge on any atom is -0.493 e. The zero-order valence-corrected chi connectivity index (χ0v) is 29.9. The van der Waals surface area contributed by atoms with Crippen molar-refractivity contribution in [3.8, 4) is 11.4 Å². The molecule has 15 heteroatoms. The molecular weight excluding hydrogens is 691 g/mol. The zero-order chi connectivity index (χ0) is 36.2. The summed E-state index contributed by atoms with van der Waals surface area (Å²) in [5, 5.41) is 18.8. The van der Waals surface area contributed by atoms with E-state index in [0.29, 0.717) is 31.6 Å². The van der Waals surface area contributed by atoms with Crippen LogP contribution in [0.15, 0.2) is 90.5 Å². The fourth-order valence-electron chi connectivity index (χ4n) is 7.17. The second-order valence-corrected chi connectivity index (χ2v) is 14.2. The summed E-state index contributed by atoms with van der Waals surface area (Å²) < 4.78 is 45.6. The van der Waals surface area contributed by atoms with Gasteiger partial charge in [0.15, 0.2) is 0 Å². The van der Waals surface area contributed by atoms with E-state index in [1.165, 1.54) is 45.8 Å². The molecule has 1 N–H and O–H groups in total. The average molecular weight is 733 g/mol. The highest BCUT2D eigenvalue weighted by atomic mass is 32.2. The van der Waals surface area contributed by atoms with Crippen LogP contribution in [-0.4, -0.2) is 85.3 Å². The monoisotopic (exact) mass is 732 g/mol. The van der Waals surface area contributed by atoms with Crippen molar-refractivity contribution in [1.82, 2.24) is 29.1 Å². The van der Waals surface area contributed by atoms with Crippen LogP contribution in [0, 0.1) is 17.6 Å². The van der Waals surface area contributed by atoms with Gasteiger partial charge in [0.2, 0.25) is 0 Å². The lowest BCUT2D eigenvalue weighted by Gasteiger charge is -2.37. The van der Waals surface area contributed by atoms with Crippen LogP contribution in [0.25, 0.3) is 5.69 Å². The van der Waals surface area contributed by atoms with Gasteiger partial charge in [0.25, 0.3) is 0 Å². The van der Waals surface area contributed by atoms with E-state index >= 15 is 0 Å². The van der Waals surface area contributed by atoms with Crippen molar-refractivity contribution in [1.29, 1.82) is 0 Å². The topological polar surface area (TPSA) is 116 Å². The quantitative estimate of drug-likeness (QED) is 0.168. The third kappa shape index (κ3) is 7.43. The largest absolute Gasteiger partial charge is 0.493 e. The maximum atomic E-state index is 15.0. The Hall–Kier alpha value is -4.73. The Labute approximate surface area is 304 Å². The number of aromatic nitrogens is 6. The summed E-state index contributed by atoms with van der Waals surface area (Å²) in [7, 11) is 0. The summed E-state index contributed by atoms with van der Waals surface area (Å²) in [6.45, 7) is 6.30. The number of thioether (sulfide) groups is 1. The molecule has 2 aromatic heterocycles. The molecule has 2 saturated heterocycles. The molecule has 0 saturated carbocycles. The van der Waals surface area contributed by atoms with E-state index in [0.717, 1.165) is 55.1 Å². The number of aliphatic hydroxyl groups excluding tert-OH is 1. The first-order valence-corrected chi connectivity index (χ1v) is 18.7. The minimum absolute atomic E-state index is 0.0131. The lowest BCUT2D eigenvalue weighted by atomic mass is 9.87. The fourth-order valence-corrected chi connectivity index (χ4v) is 7.80. The molecule has 0 amide bonds. The molecule has 0 radical (unpaired) electrons. The second kappa shape index (κ2) is 15.5. The van der Waals surface area contributed by atoms with Crippen molar-refractivity contribution >= 4 is 23.1 Å². The summed E-state index contributed by atoms with van der Waals surface area (Å²) >= 11 is 1.30. The molecule has 2 fully saturated rings. The maximum absolute atomic E-state index is 15.0. The van der Waals surface area contributed by atoms with Crippen molar-refractivity contribution in [2.75, 3.05) is 55.4 Å². The highest BCUT2D eigenvalue weighted by molar-refractivity contribution is 7.99. The van der Waals surface area contributed by atoms with E-state index < -0.39 is 28.7 Å². The van der Waals surface area contributed by atoms with Crippen molar-refractivity contribution in [2.24, 2.45) is 5.92 Å². The number of ether oxygens (including phenoxy) is 2. The Balaban J connectivity index is 0.922. The standard InChI is InChI=1S/C37H42F2N8O4S/c1-3-34(35(48)52-2)47-36(49)46(25-42-47)30-7-5-28(6-8-30)43-14-16-44(17-15-43)29-9-11-31(12-10-29)50-20-26-19-37(51-21-26,22-45-24-40-23-41-45)32-13-4-27(38)18-33(32)39/h4-13,18,23-26,34-35,48H,3,14-17,19-22H2,1-2H3/t26-,34?,35-,37+/m1/s1. The van der Waals surface area contributed by atoms with Crippen LogP contribution in [0.2, 0.25) is 0 Å². The van der Waals surface area contributed by atoms with Gasteiger partial charge in [0.05, 0.1) is 31.5 Å². The Morgan fingerprint density at radius 3 is 2.25 bits per heavy atom. The molecule has 2 aliphatic heterocycles. The van der Waals surface area contributed by atoms with Gasteiger partial charge in [-0.15, -0.1) is 11.8 Å².